The molecule has 2 rings (SSSR count). The maximum Gasteiger partial charge on any atom is 0.250 e. The lowest BCUT2D eigenvalue weighted by Crippen LogP contribution is -2.42. The molecule has 1 aliphatic heterocycles. The van der Waals surface area contributed by atoms with Gasteiger partial charge in [-0.25, -0.2) is 4.98 Å². The molecular weight excluding hydrogens is 220 g/mol. The van der Waals surface area contributed by atoms with E-state index >= 15 is 0 Å². The lowest BCUT2D eigenvalue weighted by Gasteiger charge is -2.23. The predicted molar refractivity (Wildman–Crippen MR) is 62.4 cm³/mol. The largest absolute Gasteiger partial charge is 0.366 e. The van der Waals surface area contributed by atoms with Crippen molar-refractivity contribution in [3.05, 3.63) is 23.9 Å². The lowest BCUT2D eigenvalue weighted by molar-refractivity contribution is -0.122. The Bertz CT molecular complexity index is 420. The molecule has 1 fully saturated rings. The minimum atomic E-state index is -0.492. The van der Waals surface area contributed by atoms with Gasteiger partial charge in [-0.1, -0.05) is 0 Å². The summed E-state index contributed by atoms with van der Waals surface area (Å²) in [5.41, 5.74) is 5.50. The minimum Gasteiger partial charge on any atom is -0.366 e. The first-order chi connectivity index (χ1) is 8.15. The third-order valence-electron chi connectivity index (χ3n) is 2.67. The number of anilines is 1. The van der Waals surface area contributed by atoms with Gasteiger partial charge >= 0.3 is 0 Å². The molecule has 6 nitrogen and oxygen atoms in total. The van der Waals surface area contributed by atoms with Crippen LogP contribution in [-0.4, -0.2) is 29.4 Å². The summed E-state index contributed by atoms with van der Waals surface area (Å²) in [4.78, 5) is 25.9. The van der Waals surface area contributed by atoms with Crippen molar-refractivity contribution in [2.24, 2.45) is 5.73 Å². The number of amides is 2. The topological polar surface area (TPSA) is 97.1 Å². The summed E-state index contributed by atoms with van der Waals surface area (Å²) in [6.45, 7) is 0.595. The number of carbonyl (C=O) groups excluding carboxylic acids is 2. The third kappa shape index (κ3) is 2.93. The number of primary amides is 1. The van der Waals surface area contributed by atoms with E-state index in [0.717, 1.165) is 6.42 Å². The second kappa shape index (κ2) is 4.82. The van der Waals surface area contributed by atoms with Gasteiger partial charge in [0.1, 0.15) is 5.82 Å². The molecule has 0 aromatic carbocycles. The molecule has 4 N–H and O–H groups in total. The zero-order valence-electron chi connectivity index (χ0n) is 9.27. The van der Waals surface area contributed by atoms with Crippen LogP contribution in [0, 0.1) is 0 Å². The van der Waals surface area contributed by atoms with Gasteiger partial charge in [0.05, 0.1) is 5.56 Å². The molecule has 1 unspecified atom stereocenters. The Morgan fingerprint density at radius 1 is 1.53 bits per heavy atom. The highest BCUT2D eigenvalue weighted by molar-refractivity contribution is 5.92. The fourth-order valence-electron chi connectivity index (χ4n) is 1.69. The second-order valence-electron chi connectivity index (χ2n) is 3.98. The Balaban J connectivity index is 1.95. The molecule has 1 aromatic rings. The van der Waals surface area contributed by atoms with E-state index in [0.29, 0.717) is 24.3 Å². The molecule has 1 aromatic heterocycles. The van der Waals surface area contributed by atoms with Crippen molar-refractivity contribution in [2.75, 3.05) is 11.9 Å². The average molecular weight is 234 g/mol. The maximum atomic E-state index is 11.0. The molecule has 17 heavy (non-hydrogen) atoms. The van der Waals surface area contributed by atoms with Gasteiger partial charge in [-0.3, -0.25) is 9.59 Å². The summed E-state index contributed by atoms with van der Waals surface area (Å²) in [5, 5.41) is 5.97. The number of aromatic nitrogens is 1. The van der Waals surface area contributed by atoms with Crippen LogP contribution in [0.15, 0.2) is 18.3 Å². The van der Waals surface area contributed by atoms with E-state index in [4.69, 9.17) is 5.73 Å². The average Bonchev–Trinajstić information content (AvgIpc) is 2.33. The number of nitrogens with two attached hydrogens (primary N) is 1. The van der Waals surface area contributed by atoms with E-state index in [9.17, 15) is 9.59 Å². The molecule has 1 aliphatic rings. The zero-order valence-corrected chi connectivity index (χ0v) is 9.27. The van der Waals surface area contributed by atoms with Crippen LogP contribution < -0.4 is 16.4 Å². The summed E-state index contributed by atoms with van der Waals surface area (Å²) in [6.07, 6.45) is 2.74. The quantitative estimate of drug-likeness (QED) is 0.678. The molecular formula is C11H14N4O2. The van der Waals surface area contributed by atoms with Crippen molar-refractivity contribution in [1.29, 1.82) is 0 Å². The van der Waals surface area contributed by atoms with Gasteiger partial charge in [0.15, 0.2) is 0 Å². The minimum absolute atomic E-state index is 0.0834. The Kier molecular flexibility index (Phi) is 3.22. The summed E-state index contributed by atoms with van der Waals surface area (Å²) in [7, 11) is 0. The van der Waals surface area contributed by atoms with Gasteiger partial charge in [-0.15, -0.1) is 0 Å². The predicted octanol–water partition coefficient (Wildman–Crippen LogP) is -0.129. The van der Waals surface area contributed by atoms with Crippen LogP contribution in [0.5, 0.6) is 0 Å². The summed E-state index contributed by atoms with van der Waals surface area (Å²) >= 11 is 0. The molecule has 0 spiro atoms. The van der Waals surface area contributed by atoms with Crippen LogP contribution in [-0.2, 0) is 4.79 Å². The van der Waals surface area contributed by atoms with Gasteiger partial charge in [0.25, 0.3) is 0 Å². The summed E-state index contributed by atoms with van der Waals surface area (Å²) in [5.74, 6) is 0.269. The SMILES string of the molecule is NC(=O)c1ccc(NC2CCC(=O)NC2)nc1. The smallest absolute Gasteiger partial charge is 0.250 e. The van der Waals surface area contributed by atoms with E-state index in [1.165, 1.54) is 6.20 Å². The van der Waals surface area contributed by atoms with Gasteiger partial charge in [-0.05, 0) is 18.6 Å². The number of rotatable bonds is 3. The van der Waals surface area contributed by atoms with Crippen LogP contribution in [0.1, 0.15) is 23.2 Å². The van der Waals surface area contributed by atoms with Crippen LogP contribution in [0.3, 0.4) is 0 Å². The van der Waals surface area contributed by atoms with Crippen LogP contribution in [0.2, 0.25) is 0 Å². The molecule has 2 amide bonds. The number of carbonyl (C=O) groups is 2. The van der Waals surface area contributed by atoms with Gasteiger partial charge < -0.3 is 16.4 Å². The molecule has 1 atom stereocenters. The van der Waals surface area contributed by atoms with E-state index in [-0.39, 0.29) is 11.9 Å². The zero-order chi connectivity index (χ0) is 12.3. The van der Waals surface area contributed by atoms with E-state index in [1.807, 2.05) is 0 Å². The van der Waals surface area contributed by atoms with Gasteiger partial charge in [0.2, 0.25) is 11.8 Å². The highest BCUT2D eigenvalue weighted by atomic mass is 16.2. The van der Waals surface area contributed by atoms with Crippen LogP contribution in [0.25, 0.3) is 0 Å². The Morgan fingerprint density at radius 2 is 2.35 bits per heavy atom. The van der Waals surface area contributed by atoms with Crippen molar-refractivity contribution in [3.63, 3.8) is 0 Å². The highest BCUT2D eigenvalue weighted by Gasteiger charge is 2.17. The Morgan fingerprint density at radius 3 is 2.88 bits per heavy atom. The number of hydrogen-bond donors (Lipinski definition) is 3. The lowest BCUT2D eigenvalue weighted by atomic mass is 10.1. The van der Waals surface area contributed by atoms with Crippen molar-refractivity contribution in [2.45, 2.75) is 18.9 Å². The number of nitrogens with zero attached hydrogens (tertiary/aromatic N) is 1. The van der Waals surface area contributed by atoms with Crippen molar-refractivity contribution >= 4 is 17.6 Å². The molecule has 0 radical (unpaired) electrons. The standard InChI is InChI=1S/C11H14N4O2/c12-11(17)7-1-3-9(13-5-7)15-8-2-4-10(16)14-6-8/h1,3,5,8H,2,4,6H2,(H2,12,17)(H,13,15)(H,14,16). The van der Waals surface area contributed by atoms with Crippen molar-refractivity contribution in [1.82, 2.24) is 10.3 Å². The molecule has 2 heterocycles. The Hall–Kier alpha value is -2.11. The first-order valence-electron chi connectivity index (χ1n) is 5.44. The molecule has 0 saturated carbocycles. The highest BCUT2D eigenvalue weighted by Crippen LogP contribution is 2.11. The van der Waals surface area contributed by atoms with E-state index < -0.39 is 5.91 Å². The third-order valence-corrected chi connectivity index (χ3v) is 2.67. The molecule has 0 aliphatic carbocycles. The van der Waals surface area contributed by atoms with E-state index in [2.05, 4.69) is 15.6 Å². The fourth-order valence-corrected chi connectivity index (χ4v) is 1.69. The summed E-state index contributed by atoms with van der Waals surface area (Å²) < 4.78 is 0. The normalized spacial score (nSPS) is 19.5. The van der Waals surface area contributed by atoms with Gasteiger partial charge in [0, 0.05) is 25.2 Å². The summed E-state index contributed by atoms with van der Waals surface area (Å²) in [6, 6.07) is 3.51. The van der Waals surface area contributed by atoms with E-state index in [1.54, 1.807) is 12.1 Å². The number of hydrogen-bond acceptors (Lipinski definition) is 4. The molecule has 90 valence electrons. The van der Waals surface area contributed by atoms with Crippen molar-refractivity contribution < 1.29 is 9.59 Å². The Labute approximate surface area is 98.6 Å². The van der Waals surface area contributed by atoms with Crippen LogP contribution in [0.4, 0.5) is 5.82 Å². The first kappa shape index (κ1) is 11.4. The van der Waals surface area contributed by atoms with Gasteiger partial charge in [-0.2, -0.15) is 0 Å². The first-order valence-corrected chi connectivity index (χ1v) is 5.44. The fraction of sp³-hybridized carbons (Fsp3) is 0.364. The monoisotopic (exact) mass is 234 g/mol. The van der Waals surface area contributed by atoms with Crippen LogP contribution >= 0.6 is 0 Å². The number of piperidine rings is 1. The molecule has 1 saturated heterocycles. The van der Waals surface area contributed by atoms with Crippen molar-refractivity contribution in [3.8, 4) is 0 Å². The molecule has 0 bridgehead atoms. The number of pyridine rings is 1. The number of nitrogens with one attached hydrogen (secondary N) is 2. The second-order valence-corrected chi connectivity index (χ2v) is 3.98. The molecule has 6 heteroatoms. The maximum absolute atomic E-state index is 11.0.